The lowest BCUT2D eigenvalue weighted by molar-refractivity contribution is -0.120. The number of hydrogen-bond acceptors (Lipinski definition) is 3. The number of fused-ring (bicyclic) bond motifs is 2. The Morgan fingerprint density at radius 1 is 1.52 bits per heavy atom. The van der Waals surface area contributed by atoms with Crippen LogP contribution in [-0.4, -0.2) is 18.1 Å². The quantitative estimate of drug-likeness (QED) is 0.811. The fourth-order valence-electron chi connectivity index (χ4n) is 4.05. The minimum Gasteiger partial charge on any atom is -0.388 e. The van der Waals surface area contributed by atoms with Crippen molar-refractivity contribution in [1.82, 2.24) is 5.32 Å². The Kier molecular flexibility index (Phi) is 3.83. The molecule has 21 heavy (non-hydrogen) atoms. The summed E-state index contributed by atoms with van der Waals surface area (Å²) in [5.74, 6) is 1.30. The van der Waals surface area contributed by atoms with Crippen LogP contribution in [0.25, 0.3) is 0 Å². The van der Waals surface area contributed by atoms with Crippen molar-refractivity contribution in [3.8, 4) is 0 Å². The van der Waals surface area contributed by atoms with E-state index in [0.29, 0.717) is 17.6 Å². The molecule has 1 N–H and O–H groups in total. The topological polar surface area (TPSA) is 46.2 Å². The molecule has 2 aliphatic carbocycles. The third-order valence-corrected chi connectivity index (χ3v) is 5.23. The minimum absolute atomic E-state index is 0.111. The predicted octanol–water partition coefficient (Wildman–Crippen LogP) is 2.94. The molecule has 0 aromatic rings. The maximum absolute atomic E-state index is 12.8. The highest BCUT2D eigenvalue weighted by molar-refractivity contribution is 6.00. The highest BCUT2D eigenvalue weighted by atomic mass is 16.1. The van der Waals surface area contributed by atoms with Crippen LogP contribution in [0.1, 0.15) is 39.0 Å². The van der Waals surface area contributed by atoms with Gasteiger partial charge in [0.25, 0.3) is 0 Å². The molecule has 0 amide bonds. The number of Topliss-reactive ketones (excluding diaryl/α,β-unsaturated/α-hetero) is 2. The highest BCUT2D eigenvalue weighted by Crippen LogP contribution is 2.43. The second-order valence-electron chi connectivity index (χ2n) is 6.49. The summed E-state index contributed by atoms with van der Waals surface area (Å²) >= 11 is 0. The molecule has 3 rings (SSSR count). The number of nitrogens with one attached hydrogen (secondary N) is 1. The Balaban J connectivity index is 1.88. The molecule has 3 heteroatoms. The lowest BCUT2D eigenvalue weighted by Crippen LogP contribution is -2.43. The number of carbonyl (C=O) groups is 2. The van der Waals surface area contributed by atoms with Gasteiger partial charge < -0.3 is 5.32 Å². The van der Waals surface area contributed by atoms with Gasteiger partial charge in [0, 0.05) is 23.7 Å². The van der Waals surface area contributed by atoms with Crippen LogP contribution in [0.15, 0.2) is 35.6 Å². The molecule has 1 aliphatic heterocycles. The molecule has 0 spiro atoms. The molecular formula is C18H23NO2. The molecule has 0 saturated heterocycles. The minimum atomic E-state index is 0.111. The molecule has 1 unspecified atom stereocenters. The van der Waals surface area contributed by atoms with E-state index in [2.05, 4.69) is 18.0 Å². The normalized spacial score (nSPS) is 31.8. The second kappa shape index (κ2) is 5.63. The van der Waals surface area contributed by atoms with Crippen molar-refractivity contribution in [1.29, 1.82) is 0 Å². The summed E-state index contributed by atoms with van der Waals surface area (Å²) in [5.41, 5.74) is 3.14. The van der Waals surface area contributed by atoms with E-state index in [0.717, 1.165) is 49.8 Å². The smallest absolute Gasteiger partial charge is 0.164 e. The van der Waals surface area contributed by atoms with Gasteiger partial charge in [0.1, 0.15) is 0 Å². The van der Waals surface area contributed by atoms with Crippen LogP contribution in [0.2, 0.25) is 0 Å². The SMILES string of the molecule is C=CCC1CCC2=C(C1=O)[C@@H]1CC=C(C(C)=O)C[C@@H]1CN2. The number of rotatable bonds is 3. The van der Waals surface area contributed by atoms with Crippen molar-refractivity contribution in [3.63, 3.8) is 0 Å². The average molecular weight is 285 g/mol. The Morgan fingerprint density at radius 2 is 2.33 bits per heavy atom. The van der Waals surface area contributed by atoms with Crippen LogP contribution in [0.4, 0.5) is 0 Å². The van der Waals surface area contributed by atoms with Gasteiger partial charge in [0.15, 0.2) is 11.6 Å². The summed E-state index contributed by atoms with van der Waals surface area (Å²) < 4.78 is 0. The molecule has 1 heterocycles. The van der Waals surface area contributed by atoms with E-state index in [4.69, 9.17) is 0 Å². The fraction of sp³-hybridized carbons (Fsp3) is 0.556. The third-order valence-electron chi connectivity index (χ3n) is 5.23. The van der Waals surface area contributed by atoms with E-state index in [-0.39, 0.29) is 11.7 Å². The number of allylic oxidation sites excluding steroid dienone is 5. The van der Waals surface area contributed by atoms with Crippen LogP contribution >= 0.6 is 0 Å². The Labute approximate surface area is 126 Å². The van der Waals surface area contributed by atoms with E-state index < -0.39 is 0 Å². The van der Waals surface area contributed by atoms with Crippen LogP contribution in [0.3, 0.4) is 0 Å². The summed E-state index contributed by atoms with van der Waals surface area (Å²) in [6.45, 7) is 6.31. The molecule has 0 radical (unpaired) electrons. The number of hydrogen-bond donors (Lipinski definition) is 1. The van der Waals surface area contributed by atoms with Crippen LogP contribution in [0.5, 0.6) is 0 Å². The van der Waals surface area contributed by atoms with Gasteiger partial charge in [0.2, 0.25) is 0 Å². The van der Waals surface area contributed by atoms with E-state index >= 15 is 0 Å². The van der Waals surface area contributed by atoms with E-state index in [1.54, 1.807) is 6.92 Å². The van der Waals surface area contributed by atoms with E-state index in [9.17, 15) is 9.59 Å². The van der Waals surface area contributed by atoms with E-state index in [1.807, 2.05) is 6.08 Å². The molecule has 3 nitrogen and oxygen atoms in total. The highest BCUT2D eigenvalue weighted by Gasteiger charge is 2.41. The van der Waals surface area contributed by atoms with Crippen molar-refractivity contribution in [2.75, 3.05) is 6.54 Å². The first-order valence-electron chi connectivity index (χ1n) is 7.93. The Hall–Kier alpha value is -1.64. The monoisotopic (exact) mass is 285 g/mol. The molecule has 3 atom stereocenters. The van der Waals surface area contributed by atoms with Crippen molar-refractivity contribution in [2.24, 2.45) is 17.8 Å². The van der Waals surface area contributed by atoms with Crippen molar-refractivity contribution < 1.29 is 9.59 Å². The largest absolute Gasteiger partial charge is 0.388 e. The molecule has 0 saturated carbocycles. The van der Waals surface area contributed by atoms with Crippen LogP contribution in [-0.2, 0) is 9.59 Å². The second-order valence-corrected chi connectivity index (χ2v) is 6.49. The molecular weight excluding hydrogens is 262 g/mol. The average Bonchev–Trinajstić information content (AvgIpc) is 2.49. The van der Waals surface area contributed by atoms with Gasteiger partial charge in [-0.3, -0.25) is 9.59 Å². The summed E-state index contributed by atoms with van der Waals surface area (Å²) in [5, 5.41) is 3.47. The number of carbonyl (C=O) groups excluding carboxylic acids is 2. The number of ketones is 2. The lowest BCUT2D eigenvalue weighted by atomic mass is 9.67. The first kappa shape index (κ1) is 14.3. The lowest BCUT2D eigenvalue weighted by Gasteiger charge is -2.41. The van der Waals surface area contributed by atoms with Gasteiger partial charge in [0.05, 0.1) is 0 Å². The van der Waals surface area contributed by atoms with Crippen molar-refractivity contribution >= 4 is 11.6 Å². The van der Waals surface area contributed by atoms with Crippen molar-refractivity contribution in [2.45, 2.75) is 39.0 Å². The molecule has 0 bridgehead atoms. The predicted molar refractivity (Wildman–Crippen MR) is 82.6 cm³/mol. The maximum atomic E-state index is 12.8. The van der Waals surface area contributed by atoms with Gasteiger partial charge >= 0.3 is 0 Å². The zero-order valence-electron chi connectivity index (χ0n) is 12.7. The van der Waals surface area contributed by atoms with Crippen molar-refractivity contribution in [3.05, 3.63) is 35.6 Å². The Morgan fingerprint density at radius 3 is 3.05 bits per heavy atom. The Bertz CT molecular complexity index is 556. The zero-order chi connectivity index (χ0) is 15.0. The molecule has 0 fully saturated rings. The molecule has 0 aromatic heterocycles. The fourth-order valence-corrected chi connectivity index (χ4v) is 4.05. The first-order valence-corrected chi connectivity index (χ1v) is 7.93. The van der Waals surface area contributed by atoms with Gasteiger partial charge in [-0.15, -0.1) is 6.58 Å². The third kappa shape index (κ3) is 2.50. The first-order chi connectivity index (χ1) is 10.1. The maximum Gasteiger partial charge on any atom is 0.164 e. The van der Waals surface area contributed by atoms with Crippen LogP contribution < -0.4 is 5.32 Å². The molecule has 112 valence electrons. The summed E-state index contributed by atoms with van der Waals surface area (Å²) in [6, 6.07) is 0. The summed E-state index contributed by atoms with van der Waals surface area (Å²) in [6.07, 6.45) is 8.26. The van der Waals surface area contributed by atoms with E-state index in [1.165, 1.54) is 5.70 Å². The van der Waals surface area contributed by atoms with Crippen LogP contribution in [0, 0.1) is 17.8 Å². The van der Waals surface area contributed by atoms with Gasteiger partial charge in [-0.2, -0.15) is 0 Å². The van der Waals surface area contributed by atoms with Gasteiger partial charge in [-0.1, -0.05) is 12.2 Å². The molecule has 0 aromatic carbocycles. The standard InChI is InChI=1S/C18H23NO2/c1-3-4-12-6-8-16-17(18(12)21)15-7-5-13(11(2)20)9-14(15)10-19-16/h3,5,12,14-15,19H,1,4,6-10H2,2H3/t12?,14-,15-/m1/s1. The summed E-state index contributed by atoms with van der Waals surface area (Å²) in [7, 11) is 0. The zero-order valence-corrected chi connectivity index (χ0v) is 12.7. The molecule has 3 aliphatic rings. The van der Waals surface area contributed by atoms with Gasteiger partial charge in [-0.25, -0.2) is 0 Å². The van der Waals surface area contributed by atoms with Gasteiger partial charge in [-0.05, 0) is 56.4 Å². The summed E-state index contributed by atoms with van der Waals surface area (Å²) in [4.78, 5) is 24.4.